The first-order valence-corrected chi connectivity index (χ1v) is 10.9. The van der Waals surface area contributed by atoms with Crippen LogP contribution < -0.4 is 10.9 Å². The second-order valence-electron chi connectivity index (χ2n) is 7.40. The number of rotatable bonds is 5. The zero-order valence-corrected chi connectivity index (χ0v) is 18.4. The molecule has 4 rings (SSSR count). The number of carbonyl (C=O) groups excluding carboxylic acids is 1. The molecular weight excluding hydrogens is 406 g/mol. The quantitative estimate of drug-likeness (QED) is 0.353. The molecule has 0 aliphatic carbocycles. The van der Waals surface area contributed by atoms with Gasteiger partial charge in [0.2, 0.25) is 5.91 Å². The van der Waals surface area contributed by atoms with Crippen molar-refractivity contribution in [1.82, 2.24) is 9.55 Å². The van der Waals surface area contributed by atoms with Crippen LogP contribution in [0.2, 0.25) is 0 Å². The highest BCUT2D eigenvalue weighted by molar-refractivity contribution is 8.00. The molecule has 3 aromatic carbocycles. The fourth-order valence-electron chi connectivity index (χ4n) is 3.38. The molecule has 1 heterocycles. The molecule has 1 aromatic heterocycles. The summed E-state index contributed by atoms with van der Waals surface area (Å²) >= 11 is 1.28. The predicted molar refractivity (Wildman–Crippen MR) is 127 cm³/mol. The lowest BCUT2D eigenvalue weighted by atomic mass is 10.2. The van der Waals surface area contributed by atoms with E-state index in [0.717, 1.165) is 22.5 Å². The average molecular weight is 430 g/mol. The van der Waals surface area contributed by atoms with Gasteiger partial charge in [0.1, 0.15) is 0 Å². The number of hydrogen-bond donors (Lipinski definition) is 1. The van der Waals surface area contributed by atoms with Crippen molar-refractivity contribution in [2.24, 2.45) is 0 Å². The molecule has 4 aromatic rings. The SMILES string of the molecule is Cc1ccccc1NC(=O)C(C)Sc1nc2ccccc2c(=O)n1-c1ccccc1C. The standard InChI is InChI=1S/C25H23N3O2S/c1-16-10-4-7-13-20(16)26-23(29)18(3)31-25-27-21-14-8-6-12-19(21)24(30)28(25)22-15-9-5-11-17(22)2/h4-15,18H,1-3H3,(H,26,29). The average Bonchev–Trinajstić information content (AvgIpc) is 2.76. The van der Waals surface area contributed by atoms with Crippen molar-refractivity contribution in [3.63, 3.8) is 0 Å². The molecule has 31 heavy (non-hydrogen) atoms. The summed E-state index contributed by atoms with van der Waals surface area (Å²) in [4.78, 5) is 31.0. The second kappa shape index (κ2) is 8.78. The summed E-state index contributed by atoms with van der Waals surface area (Å²) in [5.41, 5.74) is 3.97. The van der Waals surface area contributed by atoms with Crippen LogP contribution in [0.3, 0.4) is 0 Å². The van der Waals surface area contributed by atoms with E-state index in [-0.39, 0.29) is 11.5 Å². The van der Waals surface area contributed by atoms with E-state index < -0.39 is 5.25 Å². The van der Waals surface area contributed by atoms with Gasteiger partial charge in [-0.2, -0.15) is 0 Å². The Hall–Kier alpha value is -3.38. The third-order valence-corrected chi connectivity index (χ3v) is 6.21. The number of thioether (sulfide) groups is 1. The Kier molecular flexibility index (Phi) is 5.91. The highest BCUT2D eigenvalue weighted by atomic mass is 32.2. The molecule has 0 fully saturated rings. The Balaban J connectivity index is 1.75. The third-order valence-electron chi connectivity index (χ3n) is 5.16. The third kappa shape index (κ3) is 4.25. The van der Waals surface area contributed by atoms with Gasteiger partial charge >= 0.3 is 0 Å². The number of nitrogens with one attached hydrogen (secondary N) is 1. The number of amides is 1. The van der Waals surface area contributed by atoms with Crippen LogP contribution in [-0.2, 0) is 4.79 Å². The summed E-state index contributed by atoms with van der Waals surface area (Å²) in [6.07, 6.45) is 0. The molecular formula is C25H23N3O2S. The van der Waals surface area contributed by atoms with E-state index in [1.807, 2.05) is 87.5 Å². The minimum absolute atomic E-state index is 0.141. The summed E-state index contributed by atoms with van der Waals surface area (Å²) in [7, 11) is 0. The highest BCUT2D eigenvalue weighted by Crippen LogP contribution is 2.27. The second-order valence-corrected chi connectivity index (χ2v) is 8.71. The maximum Gasteiger partial charge on any atom is 0.266 e. The summed E-state index contributed by atoms with van der Waals surface area (Å²) in [5.74, 6) is -0.141. The molecule has 1 unspecified atom stereocenters. The number of aromatic nitrogens is 2. The lowest BCUT2D eigenvalue weighted by molar-refractivity contribution is -0.115. The summed E-state index contributed by atoms with van der Waals surface area (Å²) in [6.45, 7) is 5.73. The van der Waals surface area contributed by atoms with E-state index in [2.05, 4.69) is 5.32 Å². The van der Waals surface area contributed by atoms with Gasteiger partial charge in [0.15, 0.2) is 5.16 Å². The zero-order valence-electron chi connectivity index (χ0n) is 17.6. The fourth-order valence-corrected chi connectivity index (χ4v) is 4.30. The number of fused-ring (bicyclic) bond motifs is 1. The summed E-state index contributed by atoms with van der Waals surface area (Å²) in [5, 5.41) is 3.56. The van der Waals surface area contributed by atoms with Crippen molar-refractivity contribution in [1.29, 1.82) is 0 Å². The van der Waals surface area contributed by atoms with Crippen molar-refractivity contribution in [3.8, 4) is 5.69 Å². The van der Waals surface area contributed by atoms with Gasteiger partial charge in [-0.1, -0.05) is 60.3 Å². The number of hydrogen-bond acceptors (Lipinski definition) is 4. The predicted octanol–water partition coefficient (Wildman–Crippen LogP) is 5.12. The minimum Gasteiger partial charge on any atom is -0.325 e. The van der Waals surface area contributed by atoms with Gasteiger partial charge in [0, 0.05) is 5.69 Å². The van der Waals surface area contributed by atoms with Crippen molar-refractivity contribution in [2.75, 3.05) is 5.32 Å². The van der Waals surface area contributed by atoms with Gasteiger partial charge in [-0.05, 0) is 56.2 Å². The van der Waals surface area contributed by atoms with Gasteiger partial charge in [0.25, 0.3) is 5.56 Å². The van der Waals surface area contributed by atoms with Gasteiger partial charge in [-0.15, -0.1) is 0 Å². The molecule has 0 aliphatic heterocycles. The van der Waals surface area contributed by atoms with Crippen LogP contribution >= 0.6 is 11.8 Å². The maximum atomic E-state index is 13.4. The first-order chi connectivity index (χ1) is 15.0. The van der Waals surface area contributed by atoms with Gasteiger partial charge in [0.05, 0.1) is 21.8 Å². The Labute approximate surface area is 185 Å². The molecule has 5 nitrogen and oxygen atoms in total. The van der Waals surface area contributed by atoms with Gasteiger partial charge in [-0.25, -0.2) is 4.98 Å². The van der Waals surface area contributed by atoms with Crippen LogP contribution in [0.15, 0.2) is 82.7 Å². The number of benzene rings is 3. The number of anilines is 1. The minimum atomic E-state index is -0.456. The molecule has 0 aliphatic rings. The summed E-state index contributed by atoms with van der Waals surface area (Å²) in [6, 6.07) is 22.6. The van der Waals surface area contributed by atoms with Crippen LogP contribution in [0.4, 0.5) is 5.69 Å². The fraction of sp³-hybridized carbons (Fsp3) is 0.160. The van der Waals surface area contributed by atoms with Crippen LogP contribution in [0.1, 0.15) is 18.1 Å². The molecule has 0 saturated heterocycles. The molecule has 1 amide bonds. The molecule has 1 atom stereocenters. The van der Waals surface area contributed by atoms with E-state index in [0.29, 0.717) is 16.1 Å². The Bertz CT molecular complexity index is 1330. The summed E-state index contributed by atoms with van der Waals surface area (Å²) < 4.78 is 1.61. The topological polar surface area (TPSA) is 64.0 Å². The number of para-hydroxylation sites is 3. The highest BCUT2D eigenvalue weighted by Gasteiger charge is 2.21. The molecule has 6 heteroatoms. The molecule has 1 N–H and O–H groups in total. The van der Waals surface area contributed by atoms with Gasteiger partial charge < -0.3 is 5.32 Å². The first kappa shape index (κ1) is 20.9. The molecule has 0 spiro atoms. The van der Waals surface area contributed by atoms with E-state index in [1.54, 1.807) is 10.6 Å². The number of nitrogens with zero attached hydrogens (tertiary/aromatic N) is 2. The van der Waals surface area contributed by atoms with E-state index in [1.165, 1.54) is 11.8 Å². The Morgan fingerprint density at radius 2 is 1.58 bits per heavy atom. The van der Waals surface area contributed by atoms with Crippen LogP contribution in [0, 0.1) is 13.8 Å². The van der Waals surface area contributed by atoms with E-state index >= 15 is 0 Å². The molecule has 0 bridgehead atoms. The number of aryl methyl sites for hydroxylation is 2. The zero-order chi connectivity index (χ0) is 22.0. The molecule has 156 valence electrons. The monoisotopic (exact) mass is 429 g/mol. The van der Waals surface area contributed by atoms with Crippen molar-refractivity contribution < 1.29 is 4.79 Å². The van der Waals surface area contributed by atoms with Crippen molar-refractivity contribution >= 4 is 34.3 Å². The Morgan fingerprint density at radius 3 is 2.32 bits per heavy atom. The van der Waals surface area contributed by atoms with Crippen LogP contribution in [-0.4, -0.2) is 20.7 Å². The lowest BCUT2D eigenvalue weighted by Gasteiger charge is -2.18. The van der Waals surface area contributed by atoms with Crippen LogP contribution in [0.5, 0.6) is 0 Å². The Morgan fingerprint density at radius 1 is 0.935 bits per heavy atom. The lowest BCUT2D eigenvalue weighted by Crippen LogP contribution is -2.26. The van der Waals surface area contributed by atoms with E-state index in [4.69, 9.17) is 4.98 Å². The molecule has 0 saturated carbocycles. The van der Waals surface area contributed by atoms with Crippen molar-refractivity contribution in [3.05, 3.63) is 94.3 Å². The first-order valence-electron chi connectivity index (χ1n) is 10.1. The number of carbonyl (C=O) groups is 1. The molecule has 0 radical (unpaired) electrons. The smallest absolute Gasteiger partial charge is 0.266 e. The largest absolute Gasteiger partial charge is 0.325 e. The maximum absolute atomic E-state index is 13.4. The van der Waals surface area contributed by atoms with E-state index in [9.17, 15) is 9.59 Å². The normalized spacial score (nSPS) is 12.0. The van der Waals surface area contributed by atoms with Crippen LogP contribution in [0.25, 0.3) is 16.6 Å². The van der Waals surface area contributed by atoms with Crippen molar-refractivity contribution in [2.45, 2.75) is 31.2 Å². The van der Waals surface area contributed by atoms with Gasteiger partial charge in [-0.3, -0.25) is 14.2 Å².